The number of para-hydroxylation sites is 1. The van der Waals surface area contributed by atoms with Gasteiger partial charge in [0, 0.05) is 10.8 Å². The van der Waals surface area contributed by atoms with Gasteiger partial charge in [-0.1, -0.05) is 103 Å². The summed E-state index contributed by atoms with van der Waals surface area (Å²) >= 11 is 0. The molecule has 1 aliphatic heterocycles. The lowest BCUT2D eigenvalue weighted by Gasteiger charge is -2.16. The molecule has 0 fully saturated rings. The maximum Gasteiger partial charge on any atom is 0.268 e. The topological polar surface area (TPSA) is 42.3 Å². The molecule has 4 heteroatoms. The molecule has 0 atom stereocenters. The first-order chi connectivity index (χ1) is 21.1. The number of imide groups is 1. The van der Waals surface area contributed by atoms with Gasteiger partial charge < -0.3 is 4.57 Å². The molecule has 0 aliphatic carbocycles. The van der Waals surface area contributed by atoms with E-state index in [9.17, 15) is 9.59 Å². The number of rotatable bonds is 4. The standard InChI is InChI=1S/C39H26N2O2/c1-25-11-5-6-16-30(25)28-21-22-32-31-17-7-8-19-34(31)41(36(32)24-28)35-20-10-18-33-37(35)39(43)40(38(33)42)29-15-9-14-27(23-29)26-12-3-2-4-13-26/h2-24H,1H3. The molecule has 0 unspecified atom stereocenters. The smallest absolute Gasteiger partial charge is 0.268 e. The quantitative estimate of drug-likeness (QED) is 0.204. The van der Waals surface area contributed by atoms with Crippen LogP contribution in [0, 0.1) is 6.92 Å². The Morgan fingerprint density at radius 2 is 1.19 bits per heavy atom. The van der Waals surface area contributed by atoms with Crippen LogP contribution in [0.2, 0.25) is 0 Å². The summed E-state index contributed by atoms with van der Waals surface area (Å²) in [6, 6.07) is 46.2. The highest BCUT2D eigenvalue weighted by Gasteiger charge is 2.39. The first-order valence-corrected chi connectivity index (χ1v) is 14.4. The van der Waals surface area contributed by atoms with E-state index in [1.807, 2.05) is 84.9 Å². The number of benzene rings is 6. The lowest BCUT2D eigenvalue weighted by atomic mass is 9.99. The molecule has 4 nitrogen and oxygen atoms in total. The highest BCUT2D eigenvalue weighted by molar-refractivity contribution is 6.36. The van der Waals surface area contributed by atoms with Crippen LogP contribution >= 0.6 is 0 Å². The number of amides is 2. The van der Waals surface area contributed by atoms with E-state index in [1.165, 1.54) is 10.5 Å². The zero-order chi connectivity index (χ0) is 29.1. The molecule has 6 aromatic carbocycles. The maximum atomic E-state index is 14.3. The van der Waals surface area contributed by atoms with E-state index < -0.39 is 0 Å². The normalized spacial score (nSPS) is 12.8. The second kappa shape index (κ2) is 9.68. The van der Waals surface area contributed by atoms with Gasteiger partial charge in [0.05, 0.1) is 33.5 Å². The molecule has 7 aromatic rings. The monoisotopic (exact) mass is 554 g/mol. The fraction of sp³-hybridized carbons (Fsp3) is 0.0256. The summed E-state index contributed by atoms with van der Waals surface area (Å²) in [7, 11) is 0. The van der Waals surface area contributed by atoms with E-state index in [0.29, 0.717) is 22.5 Å². The number of hydrogen-bond donors (Lipinski definition) is 0. The highest BCUT2D eigenvalue weighted by Crippen LogP contribution is 2.39. The number of aromatic nitrogens is 1. The molecule has 1 aromatic heterocycles. The predicted molar refractivity (Wildman–Crippen MR) is 174 cm³/mol. The van der Waals surface area contributed by atoms with Gasteiger partial charge in [0.25, 0.3) is 11.8 Å². The van der Waals surface area contributed by atoms with E-state index in [2.05, 4.69) is 60.0 Å². The van der Waals surface area contributed by atoms with E-state index in [-0.39, 0.29) is 11.8 Å². The molecule has 0 radical (unpaired) electrons. The number of fused-ring (bicyclic) bond motifs is 4. The van der Waals surface area contributed by atoms with Gasteiger partial charge in [-0.15, -0.1) is 0 Å². The third kappa shape index (κ3) is 3.84. The maximum absolute atomic E-state index is 14.3. The summed E-state index contributed by atoms with van der Waals surface area (Å²) in [5, 5.41) is 2.19. The van der Waals surface area contributed by atoms with Gasteiger partial charge in [0.1, 0.15) is 0 Å². The molecule has 0 bridgehead atoms. The Kier molecular flexibility index (Phi) is 5.63. The molecule has 0 saturated heterocycles. The van der Waals surface area contributed by atoms with Gasteiger partial charge in [0.2, 0.25) is 0 Å². The second-order valence-corrected chi connectivity index (χ2v) is 11.0. The van der Waals surface area contributed by atoms with Crippen molar-refractivity contribution >= 4 is 39.3 Å². The molecular formula is C39H26N2O2. The van der Waals surface area contributed by atoms with Crippen molar-refractivity contribution in [3.8, 4) is 27.9 Å². The van der Waals surface area contributed by atoms with Crippen LogP contribution in [0.15, 0.2) is 140 Å². The molecule has 2 heterocycles. The van der Waals surface area contributed by atoms with Crippen LogP contribution in [0.3, 0.4) is 0 Å². The lowest BCUT2D eigenvalue weighted by molar-refractivity contribution is 0.0926. The summed E-state index contributed by atoms with van der Waals surface area (Å²) in [5.41, 5.74) is 9.48. The van der Waals surface area contributed by atoms with Crippen molar-refractivity contribution in [2.75, 3.05) is 4.90 Å². The van der Waals surface area contributed by atoms with Gasteiger partial charge >= 0.3 is 0 Å². The minimum absolute atomic E-state index is 0.312. The summed E-state index contributed by atoms with van der Waals surface area (Å²) < 4.78 is 2.14. The van der Waals surface area contributed by atoms with Gasteiger partial charge in [0.15, 0.2) is 0 Å². The zero-order valence-electron chi connectivity index (χ0n) is 23.5. The molecule has 0 N–H and O–H groups in total. The van der Waals surface area contributed by atoms with Gasteiger partial charge in [-0.3, -0.25) is 9.59 Å². The van der Waals surface area contributed by atoms with Crippen LogP contribution in [0.25, 0.3) is 49.7 Å². The van der Waals surface area contributed by atoms with E-state index in [0.717, 1.165) is 44.1 Å². The van der Waals surface area contributed by atoms with Gasteiger partial charge in [-0.2, -0.15) is 0 Å². The summed E-state index contributed by atoms with van der Waals surface area (Å²) in [4.78, 5) is 29.5. The van der Waals surface area contributed by atoms with Gasteiger partial charge in [-0.25, -0.2) is 4.90 Å². The van der Waals surface area contributed by atoms with E-state index in [4.69, 9.17) is 0 Å². The second-order valence-electron chi connectivity index (χ2n) is 11.0. The van der Waals surface area contributed by atoms with Crippen LogP contribution < -0.4 is 4.90 Å². The Labute approximate surface area is 249 Å². The minimum atomic E-state index is -0.318. The number of anilines is 1. The largest absolute Gasteiger partial charge is 0.308 e. The molecular weight excluding hydrogens is 528 g/mol. The van der Waals surface area contributed by atoms with Crippen molar-refractivity contribution in [3.05, 3.63) is 156 Å². The van der Waals surface area contributed by atoms with Crippen LogP contribution in [0.1, 0.15) is 26.3 Å². The van der Waals surface area contributed by atoms with Gasteiger partial charge in [-0.05, 0) is 71.1 Å². The van der Waals surface area contributed by atoms with Crippen molar-refractivity contribution in [1.29, 1.82) is 0 Å². The molecule has 1 aliphatic rings. The number of carbonyl (C=O) groups is 2. The Morgan fingerprint density at radius 3 is 2.05 bits per heavy atom. The average Bonchev–Trinajstić information content (AvgIpc) is 3.52. The predicted octanol–water partition coefficient (Wildman–Crippen LogP) is 9.23. The fourth-order valence-electron chi connectivity index (χ4n) is 6.44. The minimum Gasteiger partial charge on any atom is -0.308 e. The van der Waals surface area contributed by atoms with Crippen LogP contribution in [0.5, 0.6) is 0 Å². The molecule has 0 saturated carbocycles. The summed E-state index contributed by atoms with van der Waals surface area (Å²) in [6.45, 7) is 2.12. The van der Waals surface area contributed by atoms with E-state index >= 15 is 0 Å². The molecule has 0 spiro atoms. The summed E-state index contributed by atoms with van der Waals surface area (Å²) in [5.74, 6) is -0.629. The highest BCUT2D eigenvalue weighted by atomic mass is 16.2. The van der Waals surface area contributed by atoms with Crippen molar-refractivity contribution in [1.82, 2.24) is 4.57 Å². The number of aryl methyl sites for hydroxylation is 1. The van der Waals surface area contributed by atoms with Crippen molar-refractivity contribution in [3.63, 3.8) is 0 Å². The molecule has 2 amide bonds. The molecule has 43 heavy (non-hydrogen) atoms. The van der Waals surface area contributed by atoms with Crippen LogP contribution in [-0.2, 0) is 0 Å². The fourth-order valence-corrected chi connectivity index (χ4v) is 6.44. The first-order valence-electron chi connectivity index (χ1n) is 14.4. The van der Waals surface area contributed by atoms with Crippen molar-refractivity contribution < 1.29 is 9.59 Å². The van der Waals surface area contributed by atoms with Crippen molar-refractivity contribution in [2.24, 2.45) is 0 Å². The first kappa shape index (κ1) is 25.0. The molecule has 8 rings (SSSR count). The van der Waals surface area contributed by atoms with Crippen LogP contribution in [-0.4, -0.2) is 16.4 Å². The third-order valence-electron chi connectivity index (χ3n) is 8.48. The Morgan fingerprint density at radius 1 is 0.488 bits per heavy atom. The van der Waals surface area contributed by atoms with Crippen LogP contribution in [0.4, 0.5) is 5.69 Å². The van der Waals surface area contributed by atoms with E-state index in [1.54, 1.807) is 6.07 Å². The Hall–Kier alpha value is -5.74. The Bertz CT molecular complexity index is 2240. The Balaban J connectivity index is 1.32. The zero-order valence-corrected chi connectivity index (χ0v) is 23.5. The number of hydrogen-bond acceptors (Lipinski definition) is 2. The van der Waals surface area contributed by atoms with Crippen molar-refractivity contribution in [2.45, 2.75) is 6.92 Å². The molecule has 204 valence electrons. The SMILES string of the molecule is Cc1ccccc1-c1ccc2c3ccccc3n(-c3cccc4c3C(=O)N(c3cccc(-c5ccccc5)c3)C4=O)c2c1. The number of carbonyl (C=O) groups excluding carboxylic acids is 2. The lowest BCUT2D eigenvalue weighted by Crippen LogP contribution is -2.29. The third-order valence-corrected chi connectivity index (χ3v) is 8.48. The summed E-state index contributed by atoms with van der Waals surface area (Å²) in [6.07, 6.45) is 0. The number of nitrogens with zero attached hydrogens (tertiary/aromatic N) is 2. The average molecular weight is 555 g/mol.